The molecule has 0 amide bonds. The van der Waals surface area contributed by atoms with Gasteiger partial charge in [0.25, 0.3) is 0 Å². The largest absolute Gasteiger partial charge is 0.171 e. The first kappa shape index (κ1) is 85.1. The summed E-state index contributed by atoms with van der Waals surface area (Å²) in [5, 5.41) is 32.8. The summed E-state index contributed by atoms with van der Waals surface area (Å²) < 4.78 is 0.239. The van der Waals surface area contributed by atoms with Crippen molar-refractivity contribution in [3.63, 3.8) is 0 Å². The molecule has 0 radical (unpaired) electrons. The second-order valence-electron chi connectivity index (χ2n) is 34.5. The zero-order chi connectivity index (χ0) is 89.6. The van der Waals surface area contributed by atoms with Crippen molar-refractivity contribution in [2.75, 3.05) is 0 Å². The summed E-state index contributed by atoms with van der Waals surface area (Å²) in [7, 11) is 0. The average Bonchev–Trinajstić information content (AvgIpc) is 1.53. The maximum Gasteiger partial charge on any atom is 0.171 e. The van der Waals surface area contributed by atoms with Gasteiger partial charge in [0.15, 0.2) is 13.7 Å². The van der Waals surface area contributed by atoms with E-state index < -0.39 is 0 Å². The fourth-order valence-corrected chi connectivity index (χ4v) is 57.1. The molecule has 0 fully saturated rings. The predicted molar refractivity (Wildman–Crippen MR) is 626 cm³/mol. The maximum atomic E-state index is 2.36. The lowest BCUT2D eigenvalue weighted by atomic mass is 10.0. The van der Waals surface area contributed by atoms with Crippen molar-refractivity contribution < 1.29 is 0 Å². The third-order valence-corrected chi connectivity index (χ3v) is 59.8. The van der Waals surface area contributed by atoms with Crippen LogP contribution >= 0.6 is 235 Å². The summed E-state index contributed by atoms with van der Waals surface area (Å²) in [4.78, 5) is 28.8. The van der Waals surface area contributed by atoms with Gasteiger partial charge in [-0.1, -0.05) is 575 Å². The van der Waals surface area contributed by atoms with Crippen LogP contribution in [0.2, 0.25) is 0 Å². The second kappa shape index (κ2) is 33.3. The summed E-state index contributed by atoms with van der Waals surface area (Å²) >= 11 is 40.7. The Morgan fingerprint density at radius 1 is 0.117 bits per heavy atom. The predicted octanol–water partition coefficient (Wildman–Crippen LogP) is 41.6. The van der Waals surface area contributed by atoms with E-state index in [4.69, 9.17) is 0 Å². The van der Waals surface area contributed by atoms with E-state index in [0.29, 0.717) is 0 Å². The summed E-state index contributed by atoms with van der Waals surface area (Å²) in [6.45, 7) is 0. The molecule has 20 heteroatoms. The molecule has 137 heavy (non-hydrogen) atoms. The van der Waals surface area contributed by atoms with Gasteiger partial charge in [-0.25, -0.2) is 0 Å². The van der Waals surface area contributed by atoms with Gasteiger partial charge in [-0.15, -0.1) is 0 Å². The normalized spacial score (nSPS) is 17.6. The van der Waals surface area contributed by atoms with Crippen LogP contribution in [-0.4, -0.2) is 13.7 Å². The van der Waals surface area contributed by atoms with Crippen molar-refractivity contribution in [1.29, 1.82) is 0 Å². The number of thioether (sulfide) groups is 20. The van der Waals surface area contributed by atoms with Gasteiger partial charge in [0.2, 0.25) is 0 Å². The van der Waals surface area contributed by atoms with Crippen LogP contribution in [0.25, 0.3) is 149 Å². The molecule has 5 spiro atoms. The van der Waals surface area contributed by atoms with E-state index in [9.17, 15) is 0 Å². The molecule has 22 aromatic rings. The van der Waals surface area contributed by atoms with Crippen molar-refractivity contribution in [3.05, 3.63) is 411 Å². The van der Waals surface area contributed by atoms with Crippen LogP contribution in [0, 0.1) is 0 Å². The smallest absolute Gasteiger partial charge is 0.0842 e. The van der Waals surface area contributed by atoms with E-state index in [1.807, 2.05) is 141 Å². The maximum absolute atomic E-state index is 2.36. The molecule has 0 saturated carbocycles. The van der Waals surface area contributed by atoms with Gasteiger partial charge in [0, 0.05) is 97.9 Å². The molecule has 0 N–H and O–H groups in total. The molecular formula is C117H64S20. The third-order valence-electron chi connectivity index (χ3n) is 26.5. The number of rotatable bonds is 0. The highest BCUT2D eigenvalue weighted by molar-refractivity contribution is 8.58. The molecule has 0 atom stereocenters. The number of hydrogen-bond acceptors (Lipinski definition) is 20. The minimum atomic E-state index is -0.0372. The molecule has 0 bridgehead atoms. The van der Waals surface area contributed by atoms with E-state index in [-0.39, 0.29) is 13.7 Å². The van der Waals surface area contributed by atoms with Gasteiger partial charge >= 0.3 is 0 Å². The zero-order valence-corrected chi connectivity index (χ0v) is 87.9. The molecule has 10 heterocycles. The van der Waals surface area contributed by atoms with E-state index >= 15 is 0 Å². The molecule has 22 aromatic carbocycles. The summed E-state index contributed by atoms with van der Waals surface area (Å²) in [6.07, 6.45) is 0. The molecule has 0 nitrogen and oxygen atoms in total. The van der Waals surface area contributed by atoms with Crippen molar-refractivity contribution in [1.82, 2.24) is 0 Å². The van der Waals surface area contributed by atoms with E-state index in [1.54, 1.807) is 0 Å². The molecule has 2 aliphatic carbocycles. The first-order chi connectivity index (χ1) is 67.5. The van der Waals surface area contributed by atoms with Crippen molar-refractivity contribution in [2.24, 2.45) is 0 Å². The van der Waals surface area contributed by atoms with Gasteiger partial charge < -0.3 is 0 Å². The Labute approximate surface area is 875 Å². The molecule has 12 aliphatic rings. The Balaban J connectivity index is 0.0000000815. The second-order valence-corrected chi connectivity index (χ2v) is 67.0. The lowest BCUT2D eigenvalue weighted by Crippen LogP contribution is -2.03. The van der Waals surface area contributed by atoms with Crippen molar-refractivity contribution >= 4 is 384 Å². The van der Waals surface area contributed by atoms with E-state index in [0.717, 1.165) is 0 Å². The van der Waals surface area contributed by atoms with Crippen LogP contribution in [0.4, 0.5) is 0 Å². The first-order valence-corrected chi connectivity index (χ1v) is 61.2. The van der Waals surface area contributed by atoms with Gasteiger partial charge in [-0.3, -0.25) is 0 Å². The van der Waals surface area contributed by atoms with Crippen molar-refractivity contribution in [2.45, 2.75) is 92.0 Å². The summed E-state index contributed by atoms with van der Waals surface area (Å²) in [5.41, 5.74) is 5.72. The van der Waals surface area contributed by atoms with Crippen LogP contribution in [0.3, 0.4) is 0 Å². The average molecular weight is 2110 g/mol. The fraction of sp³-hybridized carbons (Fsp3) is 0.0427. The fourth-order valence-electron chi connectivity index (χ4n) is 20.4. The van der Waals surface area contributed by atoms with Crippen LogP contribution in [0.1, 0.15) is 22.3 Å². The molecule has 652 valence electrons. The number of fused-ring (bicyclic) bond motifs is 32. The van der Waals surface area contributed by atoms with Gasteiger partial charge in [0.1, 0.15) is 0 Å². The molecular weight excluding hydrogens is 2050 g/mol. The van der Waals surface area contributed by atoms with E-state index in [1.165, 1.54) is 249 Å². The Morgan fingerprint density at radius 2 is 0.299 bits per heavy atom. The lowest BCUT2D eigenvalue weighted by molar-refractivity contribution is 1.30. The summed E-state index contributed by atoms with van der Waals surface area (Å²) in [5.74, 6) is 0. The molecule has 0 saturated heterocycles. The van der Waals surface area contributed by atoms with Crippen LogP contribution in [0.5, 0.6) is 0 Å². The molecule has 10 aliphatic heterocycles. The minimum Gasteiger partial charge on any atom is -0.0842 e. The van der Waals surface area contributed by atoms with Crippen LogP contribution in [-0.2, 0) is 0 Å². The summed E-state index contributed by atoms with van der Waals surface area (Å²) in [6, 6.07) is 143. The van der Waals surface area contributed by atoms with Crippen LogP contribution in [0.15, 0.2) is 467 Å². The topological polar surface area (TPSA) is 0 Å². The standard InChI is InChI=1S/C29H16S4.C25H12S4.3C21H12S4/c1-5-13-21-17(9-1)18-10-2-6-14-22(18)26-25(21)30-29(31-26)32-27-23-15-7-3-11-19(23)20-12-4-8-16-24(20)28(27)33-29;1-5-13-6-2-10-16-19(13)15(9-1)21-22(16)27-25(26-21)28-23-17-11-3-7-14-8-4-12-18(20(14)17)24(23)29-25;2*1-3-7-15-13(5-1)9-11-17-19(15)24-21(22-17)23-18-12-10-14-6-2-4-8-16(14)20(18)25-21;1-2-6-14-10-18-17(9-13(14)5-1)22-21(23-18)24-19-11-15-7-3-4-8-16(15)12-20(19)25-21/h1-16H;1-12H;3*1-12H. The Hall–Kier alpha value is -7.56. The Morgan fingerprint density at radius 3 is 0.555 bits per heavy atom. The first-order valence-electron chi connectivity index (χ1n) is 44.9. The highest BCUT2D eigenvalue weighted by Crippen LogP contribution is 2.83. The highest BCUT2D eigenvalue weighted by atomic mass is 32.3. The molecule has 0 unspecified atom stereocenters. The third kappa shape index (κ3) is 14.0. The SMILES string of the molecule is c1cc2c3c(cccc3c1)C1=C2SC2(S1)SC1=C(S2)c2cccc3cccc1c23.c1ccc2c(c1)c1c(c3ccccc32)SC2(S1)Sc1c(c3ccccc3c3ccccc13)S2.c1ccc2c3c(ccc2c1)SC1(Sc2ccc4ccccc4c2S1)S3.c1ccc2c3c(ccc2c1)SC1(Sc2ccc4ccccc4c2S1)S3.c1ccc2cc3c(cc2c1)SC1(S3)Sc2cc3ccccc3cc2S1. The van der Waals surface area contributed by atoms with Gasteiger partial charge in [-0.2, -0.15) is 0 Å². The molecule has 0 aromatic heterocycles. The van der Waals surface area contributed by atoms with Gasteiger partial charge in [0.05, 0.1) is 0 Å². The van der Waals surface area contributed by atoms with E-state index in [2.05, 4.69) is 482 Å². The molecule has 34 rings (SSSR count). The number of benzene rings is 22. The Kier molecular flexibility index (Phi) is 20.7. The monoisotopic (exact) mass is 2110 g/mol. The number of hydrogen-bond donors (Lipinski definition) is 0. The van der Waals surface area contributed by atoms with Crippen LogP contribution < -0.4 is 0 Å². The highest BCUT2D eigenvalue weighted by Gasteiger charge is 2.55. The van der Waals surface area contributed by atoms with Crippen molar-refractivity contribution in [3.8, 4) is 0 Å². The lowest BCUT2D eigenvalue weighted by Gasteiger charge is -2.24. The zero-order valence-electron chi connectivity index (χ0n) is 71.6. The minimum absolute atomic E-state index is 0.0372. The Bertz CT molecular complexity index is 8180. The quantitative estimate of drug-likeness (QED) is 0.132. The van der Waals surface area contributed by atoms with Gasteiger partial charge in [-0.05, 0) is 200 Å².